The van der Waals surface area contributed by atoms with Crippen LogP contribution in [-0.4, -0.2) is 17.7 Å². The van der Waals surface area contributed by atoms with Crippen LogP contribution in [0.1, 0.15) is 30.4 Å². The highest BCUT2D eigenvalue weighted by Gasteiger charge is 2.48. The zero-order valence-electron chi connectivity index (χ0n) is 9.33. The molecular formula is C13H13BrO3. The highest BCUT2D eigenvalue weighted by Crippen LogP contribution is 2.50. The second-order valence-electron chi connectivity index (χ2n) is 4.78. The molecule has 90 valence electrons. The van der Waals surface area contributed by atoms with E-state index in [1.54, 1.807) is 0 Å². The third-order valence-electron chi connectivity index (χ3n) is 3.88. The maximum atomic E-state index is 11.5. The fourth-order valence-electron chi connectivity index (χ4n) is 2.75. The molecule has 1 heterocycles. The lowest BCUT2D eigenvalue weighted by Crippen LogP contribution is -2.42. The molecular weight excluding hydrogens is 284 g/mol. The minimum atomic E-state index is -0.723. The molecule has 0 saturated heterocycles. The minimum absolute atomic E-state index is 0.661. The van der Waals surface area contributed by atoms with Crippen molar-refractivity contribution < 1.29 is 14.6 Å². The van der Waals surface area contributed by atoms with Gasteiger partial charge in [0.25, 0.3) is 0 Å². The van der Waals surface area contributed by atoms with Gasteiger partial charge in [0.15, 0.2) is 0 Å². The molecule has 1 fully saturated rings. The number of carboxylic acids is 1. The van der Waals surface area contributed by atoms with Crippen LogP contribution in [0, 0.1) is 0 Å². The highest BCUT2D eigenvalue weighted by molar-refractivity contribution is 9.10. The molecule has 3 rings (SSSR count). The molecule has 1 aromatic carbocycles. The van der Waals surface area contributed by atoms with Crippen molar-refractivity contribution in [1.82, 2.24) is 0 Å². The molecule has 4 heteroatoms. The second kappa shape index (κ2) is 3.73. The number of carbonyl (C=O) groups is 1. The van der Waals surface area contributed by atoms with Gasteiger partial charge in [0, 0.05) is 16.5 Å². The van der Waals surface area contributed by atoms with Crippen molar-refractivity contribution in [2.75, 3.05) is 6.61 Å². The first-order valence-electron chi connectivity index (χ1n) is 5.82. The van der Waals surface area contributed by atoms with Crippen LogP contribution >= 0.6 is 15.9 Å². The van der Waals surface area contributed by atoms with Gasteiger partial charge in [0.2, 0.25) is 0 Å². The normalized spacial score (nSPS) is 20.3. The van der Waals surface area contributed by atoms with E-state index in [0.29, 0.717) is 19.4 Å². The Morgan fingerprint density at radius 1 is 1.41 bits per heavy atom. The standard InChI is InChI=1S/C13H13BrO3/c14-9-6-8-2-5-17-11(8)10(7-9)13(12(15)16)3-1-4-13/h6-7H,1-5H2,(H,15,16). The third-order valence-corrected chi connectivity index (χ3v) is 4.34. The predicted octanol–water partition coefficient (Wildman–Crippen LogP) is 2.89. The van der Waals surface area contributed by atoms with Gasteiger partial charge in [-0.15, -0.1) is 0 Å². The summed E-state index contributed by atoms with van der Waals surface area (Å²) in [6.45, 7) is 0.661. The highest BCUT2D eigenvalue weighted by atomic mass is 79.9. The molecule has 0 aromatic heterocycles. The van der Waals surface area contributed by atoms with E-state index in [1.807, 2.05) is 12.1 Å². The summed E-state index contributed by atoms with van der Waals surface area (Å²) < 4.78 is 6.58. The summed E-state index contributed by atoms with van der Waals surface area (Å²) in [6, 6.07) is 3.94. The van der Waals surface area contributed by atoms with Gasteiger partial charge in [-0.2, -0.15) is 0 Å². The zero-order valence-corrected chi connectivity index (χ0v) is 10.9. The van der Waals surface area contributed by atoms with Gasteiger partial charge in [0.05, 0.1) is 12.0 Å². The van der Waals surface area contributed by atoms with Crippen molar-refractivity contribution in [3.63, 3.8) is 0 Å². The van der Waals surface area contributed by atoms with Crippen LogP contribution in [0.4, 0.5) is 0 Å². The predicted molar refractivity (Wildman–Crippen MR) is 66.5 cm³/mol. The lowest BCUT2D eigenvalue weighted by atomic mass is 9.64. The first-order chi connectivity index (χ1) is 8.13. The number of hydrogen-bond donors (Lipinski definition) is 1. The van der Waals surface area contributed by atoms with Crippen LogP contribution in [0.25, 0.3) is 0 Å². The zero-order chi connectivity index (χ0) is 12.0. The van der Waals surface area contributed by atoms with Gasteiger partial charge in [-0.25, -0.2) is 0 Å². The van der Waals surface area contributed by atoms with Crippen LogP contribution < -0.4 is 4.74 Å². The Morgan fingerprint density at radius 2 is 2.18 bits per heavy atom. The van der Waals surface area contributed by atoms with E-state index in [-0.39, 0.29) is 0 Å². The second-order valence-corrected chi connectivity index (χ2v) is 5.70. The van der Waals surface area contributed by atoms with Crippen LogP contribution in [-0.2, 0) is 16.6 Å². The maximum absolute atomic E-state index is 11.5. The lowest BCUT2D eigenvalue weighted by Gasteiger charge is -2.38. The molecule has 0 unspecified atom stereocenters. The first-order valence-corrected chi connectivity index (χ1v) is 6.62. The number of halogens is 1. The Balaban J connectivity index is 2.17. The van der Waals surface area contributed by atoms with Gasteiger partial charge >= 0.3 is 5.97 Å². The molecule has 0 spiro atoms. The Morgan fingerprint density at radius 3 is 2.76 bits per heavy atom. The van der Waals surface area contributed by atoms with Crippen LogP contribution in [0.2, 0.25) is 0 Å². The van der Waals surface area contributed by atoms with Crippen molar-refractivity contribution in [3.8, 4) is 5.75 Å². The Hall–Kier alpha value is -1.03. The molecule has 1 aliphatic heterocycles. The smallest absolute Gasteiger partial charge is 0.314 e. The van der Waals surface area contributed by atoms with Gasteiger partial charge < -0.3 is 9.84 Å². The monoisotopic (exact) mass is 296 g/mol. The van der Waals surface area contributed by atoms with Crippen molar-refractivity contribution in [2.24, 2.45) is 0 Å². The number of aliphatic carboxylic acids is 1. The molecule has 0 bridgehead atoms. The lowest BCUT2D eigenvalue weighted by molar-refractivity contribution is -0.147. The SMILES string of the molecule is O=C(O)C1(c2cc(Br)cc3c2OCC3)CCC1. The summed E-state index contributed by atoms with van der Waals surface area (Å²) in [4.78, 5) is 11.5. The number of ether oxygens (including phenoxy) is 1. The molecule has 1 aliphatic carbocycles. The molecule has 0 radical (unpaired) electrons. The van der Waals surface area contributed by atoms with E-state index in [2.05, 4.69) is 15.9 Å². The molecule has 1 N–H and O–H groups in total. The summed E-state index contributed by atoms with van der Waals surface area (Å²) in [5.41, 5.74) is 1.28. The van der Waals surface area contributed by atoms with E-state index in [4.69, 9.17) is 4.74 Å². The molecule has 1 aromatic rings. The number of hydrogen-bond acceptors (Lipinski definition) is 2. The number of fused-ring (bicyclic) bond motifs is 1. The summed E-state index contributed by atoms with van der Waals surface area (Å²) in [5, 5.41) is 9.49. The number of rotatable bonds is 2. The van der Waals surface area contributed by atoms with Crippen molar-refractivity contribution in [2.45, 2.75) is 31.1 Å². The van der Waals surface area contributed by atoms with Crippen molar-refractivity contribution in [1.29, 1.82) is 0 Å². The topological polar surface area (TPSA) is 46.5 Å². The third kappa shape index (κ3) is 1.50. The van der Waals surface area contributed by atoms with Crippen LogP contribution in [0.15, 0.2) is 16.6 Å². The van der Waals surface area contributed by atoms with Crippen molar-refractivity contribution >= 4 is 21.9 Å². The van der Waals surface area contributed by atoms with E-state index in [9.17, 15) is 9.90 Å². The molecule has 3 nitrogen and oxygen atoms in total. The Kier molecular flexibility index (Phi) is 2.43. The average Bonchev–Trinajstić information content (AvgIpc) is 2.62. The Bertz CT molecular complexity index is 492. The number of benzene rings is 1. The van der Waals surface area contributed by atoms with Crippen molar-refractivity contribution in [3.05, 3.63) is 27.7 Å². The Labute approximate surface area is 108 Å². The van der Waals surface area contributed by atoms with E-state index >= 15 is 0 Å². The van der Waals surface area contributed by atoms with E-state index in [1.165, 1.54) is 0 Å². The minimum Gasteiger partial charge on any atom is -0.493 e. The molecule has 2 aliphatic rings. The molecule has 0 amide bonds. The summed E-state index contributed by atoms with van der Waals surface area (Å²) in [7, 11) is 0. The maximum Gasteiger partial charge on any atom is 0.314 e. The summed E-state index contributed by atoms with van der Waals surface area (Å²) in [6.07, 6.45) is 3.29. The fraction of sp³-hybridized carbons (Fsp3) is 0.462. The largest absolute Gasteiger partial charge is 0.493 e. The van der Waals surface area contributed by atoms with Gasteiger partial charge in [-0.3, -0.25) is 4.79 Å². The molecule has 0 atom stereocenters. The first kappa shape index (κ1) is 11.1. The molecule has 1 saturated carbocycles. The van der Waals surface area contributed by atoms with Gasteiger partial charge in [-0.05, 0) is 30.5 Å². The van der Waals surface area contributed by atoms with Gasteiger partial charge in [-0.1, -0.05) is 22.4 Å². The quantitative estimate of drug-likeness (QED) is 0.913. The van der Waals surface area contributed by atoms with E-state index < -0.39 is 11.4 Å². The van der Waals surface area contributed by atoms with Crippen LogP contribution in [0.3, 0.4) is 0 Å². The number of carboxylic acid groups (broad SMARTS) is 1. The average molecular weight is 297 g/mol. The van der Waals surface area contributed by atoms with Crippen LogP contribution in [0.5, 0.6) is 5.75 Å². The van der Waals surface area contributed by atoms with E-state index in [0.717, 1.165) is 34.2 Å². The van der Waals surface area contributed by atoms with Gasteiger partial charge in [0.1, 0.15) is 5.75 Å². The summed E-state index contributed by atoms with van der Waals surface area (Å²) >= 11 is 3.46. The molecule has 17 heavy (non-hydrogen) atoms. The fourth-order valence-corrected chi connectivity index (χ4v) is 3.26. The summed E-state index contributed by atoms with van der Waals surface area (Å²) in [5.74, 6) is 0.0925.